The molecule has 0 spiro atoms. The number of amides is 2. The highest BCUT2D eigenvalue weighted by molar-refractivity contribution is 7.14. The molecule has 0 unspecified atom stereocenters. The Hall–Kier alpha value is -3.47. The molecule has 1 aliphatic carbocycles. The van der Waals surface area contributed by atoms with Crippen molar-refractivity contribution in [1.82, 2.24) is 20.8 Å². The van der Waals surface area contributed by atoms with Crippen LogP contribution in [-0.2, 0) is 0 Å². The van der Waals surface area contributed by atoms with Gasteiger partial charge in [0, 0.05) is 30.6 Å². The zero-order valence-electron chi connectivity index (χ0n) is 17.9. The second-order valence-corrected chi connectivity index (χ2v) is 8.89. The van der Waals surface area contributed by atoms with Gasteiger partial charge in [0.1, 0.15) is 17.2 Å². The largest absolute Gasteiger partial charge is 0.493 e. The van der Waals surface area contributed by atoms with Crippen LogP contribution in [0.15, 0.2) is 48.8 Å². The summed E-state index contributed by atoms with van der Waals surface area (Å²) in [5, 5.41) is 12.3. The lowest BCUT2D eigenvalue weighted by molar-refractivity contribution is 0.0700. The molecule has 4 rings (SSSR count). The highest BCUT2D eigenvalue weighted by atomic mass is 35.5. The van der Waals surface area contributed by atoms with E-state index in [0.717, 1.165) is 4.88 Å². The molecule has 1 saturated carbocycles. The van der Waals surface area contributed by atoms with Crippen molar-refractivity contribution < 1.29 is 24.3 Å². The number of hydroxylamine groups is 1. The summed E-state index contributed by atoms with van der Waals surface area (Å²) in [5.74, 6) is 0.690. The van der Waals surface area contributed by atoms with E-state index in [1.54, 1.807) is 30.5 Å². The molecule has 0 saturated heterocycles. The number of carbonyl (C=O) groups excluding carboxylic acids is 2. The van der Waals surface area contributed by atoms with E-state index in [0.29, 0.717) is 34.2 Å². The summed E-state index contributed by atoms with van der Waals surface area (Å²) >= 11 is 7.64. The fraction of sp³-hybridized carbons (Fsp3) is 0.217. The van der Waals surface area contributed by atoms with Gasteiger partial charge >= 0.3 is 0 Å². The lowest BCUT2D eigenvalue weighted by Crippen LogP contribution is -2.25. The molecule has 1 aromatic carbocycles. The SMILES string of the molecule is O=C(NC/C=C/c1cnc(Oc2ccc(OCC3CC3)cc2Cl)s1)c1ccnc(C(=O)NO)c1. The molecule has 0 aliphatic heterocycles. The smallest absolute Gasteiger partial charge is 0.293 e. The summed E-state index contributed by atoms with van der Waals surface area (Å²) in [7, 11) is 0. The number of hydrogen-bond donors (Lipinski definition) is 3. The van der Waals surface area contributed by atoms with Crippen LogP contribution in [0.5, 0.6) is 16.7 Å². The van der Waals surface area contributed by atoms with E-state index in [1.807, 2.05) is 6.07 Å². The molecule has 1 fully saturated rings. The first-order chi connectivity index (χ1) is 16.5. The molecule has 3 N–H and O–H groups in total. The topological polar surface area (TPSA) is 123 Å². The van der Waals surface area contributed by atoms with Gasteiger partial charge in [0.05, 0.1) is 16.5 Å². The summed E-state index contributed by atoms with van der Waals surface area (Å²) in [6.07, 6.45) is 8.98. The summed E-state index contributed by atoms with van der Waals surface area (Å²) in [5.41, 5.74) is 1.66. The van der Waals surface area contributed by atoms with Crippen molar-refractivity contribution in [1.29, 1.82) is 0 Å². The zero-order chi connectivity index (χ0) is 23.9. The maximum atomic E-state index is 12.2. The van der Waals surface area contributed by atoms with Crippen LogP contribution in [0, 0.1) is 5.92 Å². The van der Waals surface area contributed by atoms with Crippen molar-refractivity contribution >= 4 is 40.8 Å². The minimum absolute atomic E-state index is 0.0663. The van der Waals surface area contributed by atoms with Crippen LogP contribution >= 0.6 is 22.9 Å². The monoisotopic (exact) mass is 500 g/mol. The van der Waals surface area contributed by atoms with Crippen LogP contribution in [0.25, 0.3) is 6.08 Å². The van der Waals surface area contributed by atoms with Gasteiger partial charge in [-0.1, -0.05) is 29.0 Å². The fourth-order valence-electron chi connectivity index (χ4n) is 2.82. The quantitative estimate of drug-likeness (QED) is 0.279. The van der Waals surface area contributed by atoms with Crippen LogP contribution in [-0.4, -0.2) is 40.1 Å². The van der Waals surface area contributed by atoms with Crippen molar-refractivity contribution in [2.24, 2.45) is 5.92 Å². The van der Waals surface area contributed by atoms with E-state index in [1.165, 1.54) is 48.0 Å². The van der Waals surface area contributed by atoms with E-state index >= 15 is 0 Å². The number of pyridine rings is 1. The van der Waals surface area contributed by atoms with E-state index in [-0.39, 0.29) is 23.7 Å². The molecule has 2 heterocycles. The summed E-state index contributed by atoms with van der Waals surface area (Å²) in [4.78, 5) is 32.5. The van der Waals surface area contributed by atoms with Crippen LogP contribution < -0.4 is 20.3 Å². The summed E-state index contributed by atoms with van der Waals surface area (Å²) in [6.45, 7) is 0.967. The second kappa shape index (κ2) is 11.1. The molecular weight excluding hydrogens is 480 g/mol. The third-order valence-corrected chi connectivity index (χ3v) is 5.94. The minimum atomic E-state index is -0.795. The Morgan fingerprint density at radius 2 is 2.06 bits per heavy atom. The number of thiazole rings is 1. The highest BCUT2D eigenvalue weighted by Gasteiger charge is 2.22. The first-order valence-corrected chi connectivity index (χ1v) is 11.6. The predicted octanol–water partition coefficient (Wildman–Crippen LogP) is 4.33. The molecule has 2 amide bonds. The molecule has 34 heavy (non-hydrogen) atoms. The Balaban J connectivity index is 1.27. The standard InChI is InChI=1S/C23H21ClN4O5S/c24-18-11-16(32-13-14-3-4-14)5-6-20(18)33-23-27-12-17(34-23)2-1-8-26-21(29)15-7-9-25-19(10-15)22(30)28-31/h1-2,5-7,9-12,14,31H,3-4,8,13H2,(H,26,29)(H,28,30)/b2-1+. The summed E-state index contributed by atoms with van der Waals surface area (Å²) in [6, 6.07) is 8.07. The molecule has 1 aliphatic rings. The van der Waals surface area contributed by atoms with E-state index in [4.69, 9.17) is 26.3 Å². The molecule has 0 radical (unpaired) electrons. The van der Waals surface area contributed by atoms with Gasteiger partial charge in [-0.3, -0.25) is 19.8 Å². The molecule has 0 bridgehead atoms. The first kappa shape index (κ1) is 23.7. The maximum absolute atomic E-state index is 12.2. The van der Waals surface area contributed by atoms with Crippen molar-refractivity contribution in [3.8, 4) is 16.7 Å². The number of rotatable bonds is 10. The number of hydrogen-bond acceptors (Lipinski definition) is 8. The number of benzene rings is 1. The lowest BCUT2D eigenvalue weighted by Gasteiger charge is -2.08. The average molecular weight is 501 g/mol. The molecule has 11 heteroatoms. The van der Waals surface area contributed by atoms with Gasteiger partial charge < -0.3 is 14.8 Å². The summed E-state index contributed by atoms with van der Waals surface area (Å²) < 4.78 is 11.5. The normalized spacial score (nSPS) is 13.0. The number of nitrogens with zero attached hydrogens (tertiary/aromatic N) is 2. The van der Waals surface area contributed by atoms with Gasteiger partial charge in [0.2, 0.25) is 0 Å². The fourth-order valence-corrected chi connectivity index (χ4v) is 3.74. The zero-order valence-corrected chi connectivity index (χ0v) is 19.4. The number of aromatic nitrogens is 2. The minimum Gasteiger partial charge on any atom is -0.493 e. The lowest BCUT2D eigenvalue weighted by atomic mass is 10.2. The third kappa shape index (κ3) is 6.53. The molecule has 9 nitrogen and oxygen atoms in total. The van der Waals surface area contributed by atoms with Gasteiger partial charge in [-0.25, -0.2) is 10.5 Å². The highest BCUT2D eigenvalue weighted by Crippen LogP contribution is 2.35. The Bertz CT molecular complexity index is 1210. The Kier molecular flexibility index (Phi) is 7.73. The van der Waals surface area contributed by atoms with E-state index in [2.05, 4.69) is 15.3 Å². The molecule has 176 valence electrons. The molecular formula is C23H21ClN4O5S. The van der Waals surface area contributed by atoms with Crippen LogP contribution in [0.1, 0.15) is 38.6 Å². The van der Waals surface area contributed by atoms with Gasteiger partial charge in [0.15, 0.2) is 0 Å². The first-order valence-electron chi connectivity index (χ1n) is 10.4. The van der Waals surface area contributed by atoms with Gasteiger partial charge in [-0.15, -0.1) is 0 Å². The van der Waals surface area contributed by atoms with E-state index < -0.39 is 5.91 Å². The predicted molar refractivity (Wildman–Crippen MR) is 127 cm³/mol. The second-order valence-electron chi connectivity index (χ2n) is 7.46. The van der Waals surface area contributed by atoms with E-state index in [9.17, 15) is 9.59 Å². The molecule has 3 aromatic rings. The average Bonchev–Trinajstić information content (AvgIpc) is 3.58. The molecule has 2 aromatic heterocycles. The van der Waals surface area contributed by atoms with Crippen LogP contribution in [0.2, 0.25) is 5.02 Å². The van der Waals surface area contributed by atoms with Crippen LogP contribution in [0.4, 0.5) is 0 Å². The third-order valence-electron chi connectivity index (χ3n) is 4.80. The van der Waals surface area contributed by atoms with Gasteiger partial charge in [-0.2, -0.15) is 0 Å². The number of carbonyl (C=O) groups is 2. The van der Waals surface area contributed by atoms with Crippen LogP contribution in [0.3, 0.4) is 0 Å². The maximum Gasteiger partial charge on any atom is 0.293 e. The van der Waals surface area contributed by atoms with Crippen molar-refractivity contribution in [3.63, 3.8) is 0 Å². The number of halogens is 1. The Morgan fingerprint density at radius 3 is 2.82 bits per heavy atom. The Morgan fingerprint density at radius 1 is 1.21 bits per heavy atom. The Labute approximate surface area is 204 Å². The number of nitrogens with one attached hydrogen (secondary N) is 2. The van der Waals surface area contributed by atoms with Crippen molar-refractivity contribution in [2.75, 3.05) is 13.2 Å². The van der Waals surface area contributed by atoms with Crippen molar-refractivity contribution in [3.05, 3.63) is 70.0 Å². The number of ether oxygens (including phenoxy) is 2. The van der Waals surface area contributed by atoms with Gasteiger partial charge in [0.25, 0.3) is 17.0 Å². The molecule has 0 atom stereocenters. The van der Waals surface area contributed by atoms with Crippen molar-refractivity contribution in [2.45, 2.75) is 12.8 Å². The van der Waals surface area contributed by atoms with Gasteiger partial charge in [-0.05, 0) is 49.1 Å².